The van der Waals surface area contributed by atoms with Crippen molar-refractivity contribution >= 4 is 6.09 Å². The molecule has 2 aromatic rings. The average Bonchev–Trinajstić information content (AvgIpc) is 3.37. The normalized spacial score (nSPS) is 13.7. The molecule has 5 nitrogen and oxygen atoms in total. The van der Waals surface area contributed by atoms with Crippen LogP contribution in [0.25, 0.3) is 0 Å². The Kier molecular flexibility index (Phi) is 4.09. The lowest BCUT2D eigenvalue weighted by Gasteiger charge is -2.07. The fourth-order valence-electron chi connectivity index (χ4n) is 2.10. The number of hydrogen-bond acceptors (Lipinski definition) is 4. The minimum atomic E-state index is -0.435. The van der Waals surface area contributed by atoms with Crippen molar-refractivity contribution in [2.24, 2.45) is 0 Å². The first-order valence-corrected chi connectivity index (χ1v) is 7.04. The summed E-state index contributed by atoms with van der Waals surface area (Å²) in [6.45, 7) is 0.652. The van der Waals surface area contributed by atoms with E-state index in [1.165, 1.54) is 18.4 Å². The third kappa shape index (κ3) is 4.02. The minimum Gasteiger partial charge on any atom is -0.445 e. The van der Waals surface area contributed by atoms with Gasteiger partial charge in [0.2, 0.25) is 0 Å². The molecule has 0 unspecified atom stereocenters. The molecule has 1 amide bonds. The van der Waals surface area contributed by atoms with Crippen LogP contribution in [0.3, 0.4) is 0 Å². The number of pyridine rings is 2. The number of alkyl carbamates (subject to hydrolysis) is 1. The second-order valence-electron chi connectivity index (χ2n) is 5.19. The largest absolute Gasteiger partial charge is 0.445 e. The van der Waals surface area contributed by atoms with Gasteiger partial charge < -0.3 is 10.1 Å². The van der Waals surface area contributed by atoms with E-state index in [9.17, 15) is 4.79 Å². The van der Waals surface area contributed by atoms with E-state index in [0.29, 0.717) is 12.5 Å². The molecule has 0 atom stereocenters. The Morgan fingerprint density at radius 3 is 2.86 bits per heavy atom. The van der Waals surface area contributed by atoms with Crippen LogP contribution in [0.1, 0.15) is 35.4 Å². The van der Waals surface area contributed by atoms with Gasteiger partial charge in [0.1, 0.15) is 6.61 Å². The highest BCUT2D eigenvalue weighted by Gasteiger charge is 2.23. The van der Waals surface area contributed by atoms with Crippen molar-refractivity contribution in [2.45, 2.75) is 31.9 Å². The third-order valence-corrected chi connectivity index (χ3v) is 3.39. The molecule has 21 heavy (non-hydrogen) atoms. The van der Waals surface area contributed by atoms with Gasteiger partial charge in [0.25, 0.3) is 0 Å². The second kappa shape index (κ2) is 6.35. The van der Waals surface area contributed by atoms with Crippen LogP contribution in [0.4, 0.5) is 4.79 Å². The molecule has 0 aromatic carbocycles. The lowest BCUT2D eigenvalue weighted by atomic mass is 10.1. The molecular formula is C16H17N3O2. The molecule has 0 aliphatic heterocycles. The number of carbonyl (C=O) groups excluding carboxylic acids is 1. The van der Waals surface area contributed by atoms with Crippen molar-refractivity contribution in [1.82, 2.24) is 15.3 Å². The van der Waals surface area contributed by atoms with Crippen LogP contribution >= 0.6 is 0 Å². The maximum atomic E-state index is 11.6. The van der Waals surface area contributed by atoms with E-state index in [1.807, 2.05) is 18.3 Å². The summed E-state index contributed by atoms with van der Waals surface area (Å²) < 4.78 is 5.13. The number of aromatic nitrogens is 2. The fraction of sp³-hybridized carbons (Fsp3) is 0.312. The molecule has 0 radical (unpaired) electrons. The van der Waals surface area contributed by atoms with Gasteiger partial charge in [0.15, 0.2) is 0 Å². The topological polar surface area (TPSA) is 64.1 Å². The first-order chi connectivity index (χ1) is 10.3. The van der Waals surface area contributed by atoms with Crippen molar-refractivity contribution in [2.75, 3.05) is 0 Å². The molecule has 0 bridgehead atoms. The lowest BCUT2D eigenvalue weighted by Crippen LogP contribution is -2.23. The molecule has 1 saturated carbocycles. The predicted molar refractivity (Wildman–Crippen MR) is 77.5 cm³/mol. The Labute approximate surface area is 123 Å². The van der Waals surface area contributed by atoms with E-state index < -0.39 is 6.09 Å². The highest BCUT2D eigenvalue weighted by atomic mass is 16.5. The van der Waals surface area contributed by atoms with Crippen molar-refractivity contribution < 1.29 is 9.53 Å². The zero-order valence-corrected chi connectivity index (χ0v) is 11.7. The van der Waals surface area contributed by atoms with Gasteiger partial charge in [-0.2, -0.15) is 0 Å². The predicted octanol–water partition coefficient (Wildman–Crippen LogP) is 2.78. The molecule has 3 rings (SSSR count). The van der Waals surface area contributed by atoms with Gasteiger partial charge in [-0.3, -0.25) is 9.97 Å². The molecule has 1 fully saturated rings. The summed E-state index contributed by atoms with van der Waals surface area (Å²) in [6.07, 6.45) is 9.09. The number of amides is 1. The molecule has 0 saturated heterocycles. The van der Waals surface area contributed by atoms with E-state index in [1.54, 1.807) is 18.6 Å². The minimum absolute atomic E-state index is 0.222. The Bertz CT molecular complexity index is 612. The monoisotopic (exact) mass is 283 g/mol. The van der Waals surface area contributed by atoms with Crippen LogP contribution in [0, 0.1) is 0 Å². The Hall–Kier alpha value is -2.43. The van der Waals surface area contributed by atoms with Gasteiger partial charge in [-0.15, -0.1) is 0 Å². The Morgan fingerprint density at radius 1 is 1.24 bits per heavy atom. The molecule has 2 aromatic heterocycles. The summed E-state index contributed by atoms with van der Waals surface area (Å²) >= 11 is 0. The van der Waals surface area contributed by atoms with Crippen molar-refractivity contribution in [3.05, 3.63) is 59.7 Å². The van der Waals surface area contributed by atoms with Crippen LogP contribution in [-0.2, 0) is 17.9 Å². The van der Waals surface area contributed by atoms with Crippen molar-refractivity contribution in [3.8, 4) is 0 Å². The number of hydrogen-bond donors (Lipinski definition) is 1. The second-order valence-corrected chi connectivity index (χ2v) is 5.19. The van der Waals surface area contributed by atoms with Crippen molar-refractivity contribution in [3.63, 3.8) is 0 Å². The zero-order valence-electron chi connectivity index (χ0n) is 11.7. The molecular weight excluding hydrogens is 266 g/mol. The van der Waals surface area contributed by atoms with Gasteiger partial charge in [0.05, 0.1) is 0 Å². The van der Waals surface area contributed by atoms with Crippen molar-refractivity contribution in [1.29, 1.82) is 0 Å². The molecule has 5 heteroatoms. The van der Waals surface area contributed by atoms with Gasteiger partial charge in [-0.25, -0.2) is 4.79 Å². The molecule has 1 N–H and O–H groups in total. The van der Waals surface area contributed by atoms with E-state index >= 15 is 0 Å². The first kappa shape index (κ1) is 13.5. The van der Waals surface area contributed by atoms with E-state index in [0.717, 1.165) is 11.1 Å². The number of nitrogens with zero attached hydrogens (tertiary/aromatic N) is 2. The Morgan fingerprint density at radius 2 is 2.10 bits per heavy atom. The lowest BCUT2D eigenvalue weighted by molar-refractivity contribution is 0.139. The van der Waals surface area contributed by atoms with Crippen LogP contribution in [0.15, 0.2) is 43.0 Å². The zero-order chi connectivity index (χ0) is 14.5. The third-order valence-electron chi connectivity index (χ3n) is 3.39. The van der Waals surface area contributed by atoms with E-state index in [2.05, 4.69) is 21.4 Å². The van der Waals surface area contributed by atoms with Crippen LogP contribution in [0.2, 0.25) is 0 Å². The molecule has 108 valence electrons. The maximum Gasteiger partial charge on any atom is 0.407 e. The molecule has 1 aliphatic rings. The summed E-state index contributed by atoms with van der Waals surface area (Å²) in [5.41, 5.74) is 3.13. The highest BCUT2D eigenvalue weighted by molar-refractivity contribution is 5.67. The summed E-state index contributed by atoms with van der Waals surface area (Å²) in [5, 5.41) is 2.73. The van der Waals surface area contributed by atoms with Crippen LogP contribution < -0.4 is 5.32 Å². The van der Waals surface area contributed by atoms with Crippen LogP contribution in [-0.4, -0.2) is 16.1 Å². The average molecular weight is 283 g/mol. The SMILES string of the molecule is O=C(NCc1cncc(C2CC2)c1)OCc1cccnc1. The van der Waals surface area contributed by atoms with E-state index in [4.69, 9.17) is 4.74 Å². The number of rotatable bonds is 5. The number of ether oxygens (including phenoxy) is 1. The van der Waals surface area contributed by atoms with E-state index in [-0.39, 0.29) is 6.61 Å². The van der Waals surface area contributed by atoms with Gasteiger partial charge in [-0.05, 0) is 36.0 Å². The smallest absolute Gasteiger partial charge is 0.407 e. The number of nitrogens with one attached hydrogen (secondary N) is 1. The fourth-order valence-corrected chi connectivity index (χ4v) is 2.10. The first-order valence-electron chi connectivity index (χ1n) is 7.04. The number of carbonyl (C=O) groups is 1. The standard InChI is InChI=1S/C16H17N3O2/c20-16(21-11-12-2-1-5-17-7-12)19-9-13-6-15(10-18-8-13)14-3-4-14/h1-2,5-8,10,14H,3-4,9,11H2,(H,19,20). The summed E-state index contributed by atoms with van der Waals surface area (Å²) in [4.78, 5) is 19.8. The molecule has 0 spiro atoms. The summed E-state index contributed by atoms with van der Waals surface area (Å²) in [7, 11) is 0. The maximum absolute atomic E-state index is 11.6. The van der Waals surface area contributed by atoms with Crippen LogP contribution in [0.5, 0.6) is 0 Å². The summed E-state index contributed by atoms with van der Waals surface area (Å²) in [6, 6.07) is 5.78. The Balaban J connectivity index is 1.46. The van der Waals surface area contributed by atoms with Gasteiger partial charge in [0, 0.05) is 36.9 Å². The quantitative estimate of drug-likeness (QED) is 0.916. The summed E-state index contributed by atoms with van der Waals surface area (Å²) in [5.74, 6) is 0.662. The van der Waals surface area contributed by atoms with Gasteiger partial charge >= 0.3 is 6.09 Å². The molecule has 1 aliphatic carbocycles. The van der Waals surface area contributed by atoms with Gasteiger partial charge in [-0.1, -0.05) is 12.1 Å². The molecule has 2 heterocycles. The highest BCUT2D eigenvalue weighted by Crippen LogP contribution is 2.39.